The Hall–Kier alpha value is -2.64. The summed E-state index contributed by atoms with van der Waals surface area (Å²) < 4.78 is 14.5. The third kappa shape index (κ3) is 4.36. The first kappa shape index (κ1) is 19.7. The topological polar surface area (TPSA) is 49.4 Å². The van der Waals surface area contributed by atoms with Crippen molar-refractivity contribution in [2.45, 2.75) is 5.37 Å². The van der Waals surface area contributed by atoms with Gasteiger partial charge in [0.25, 0.3) is 5.91 Å². The molecule has 1 aliphatic rings. The standard InChI is InChI=1S/C22H16BrFN2O2S/c23-16-6-1-4-14(10-16)21(28)25-18-8-2-5-15(11-18)22-26(20(27)13-29-22)19-9-3-7-17(24)12-19/h1-12,22H,13H2,(H,25,28)/t22-/m0/s1. The molecular formula is C22H16BrFN2O2S. The van der Waals surface area contributed by atoms with Crippen LogP contribution < -0.4 is 10.2 Å². The Morgan fingerprint density at radius 3 is 2.66 bits per heavy atom. The van der Waals surface area contributed by atoms with Gasteiger partial charge in [-0.05, 0) is 54.1 Å². The number of amides is 2. The van der Waals surface area contributed by atoms with E-state index in [-0.39, 0.29) is 23.0 Å². The van der Waals surface area contributed by atoms with Gasteiger partial charge in [0.05, 0.1) is 5.75 Å². The zero-order valence-corrected chi connectivity index (χ0v) is 17.5. The first-order valence-electron chi connectivity index (χ1n) is 8.87. The number of benzene rings is 3. The summed E-state index contributed by atoms with van der Waals surface area (Å²) in [4.78, 5) is 26.6. The van der Waals surface area contributed by atoms with Gasteiger partial charge in [-0.1, -0.05) is 40.2 Å². The van der Waals surface area contributed by atoms with Crippen LogP contribution in [0.3, 0.4) is 0 Å². The van der Waals surface area contributed by atoms with Crippen LogP contribution in [-0.2, 0) is 4.79 Å². The molecule has 4 nitrogen and oxygen atoms in total. The molecule has 0 aromatic heterocycles. The molecule has 0 aliphatic carbocycles. The lowest BCUT2D eigenvalue weighted by Crippen LogP contribution is -2.27. The third-order valence-corrected chi connectivity index (χ3v) is 6.18. The number of nitrogens with zero attached hydrogens (tertiary/aromatic N) is 1. The van der Waals surface area contributed by atoms with E-state index in [0.717, 1.165) is 10.0 Å². The SMILES string of the molecule is O=C(Nc1cccc([C@@H]2SCC(=O)N2c2cccc(F)c2)c1)c1cccc(Br)c1. The second-order valence-corrected chi connectivity index (χ2v) is 8.48. The van der Waals surface area contributed by atoms with Crippen LogP contribution in [0.25, 0.3) is 0 Å². The predicted molar refractivity (Wildman–Crippen MR) is 118 cm³/mol. The number of carbonyl (C=O) groups is 2. The van der Waals surface area contributed by atoms with Gasteiger partial charge in [0.1, 0.15) is 11.2 Å². The number of rotatable bonds is 4. The number of hydrogen-bond acceptors (Lipinski definition) is 3. The van der Waals surface area contributed by atoms with E-state index in [2.05, 4.69) is 21.2 Å². The summed E-state index contributed by atoms with van der Waals surface area (Å²) in [6.45, 7) is 0. The number of carbonyl (C=O) groups excluding carboxylic acids is 2. The molecule has 1 N–H and O–H groups in total. The lowest BCUT2D eigenvalue weighted by Gasteiger charge is -2.24. The van der Waals surface area contributed by atoms with Gasteiger partial charge >= 0.3 is 0 Å². The zero-order valence-electron chi connectivity index (χ0n) is 15.1. The lowest BCUT2D eigenvalue weighted by atomic mass is 10.1. The number of halogens is 2. The third-order valence-electron chi connectivity index (χ3n) is 4.47. The van der Waals surface area contributed by atoms with Crippen molar-refractivity contribution in [2.75, 3.05) is 16.0 Å². The monoisotopic (exact) mass is 470 g/mol. The molecular weight excluding hydrogens is 455 g/mol. The summed E-state index contributed by atoms with van der Waals surface area (Å²) >= 11 is 4.84. The van der Waals surface area contributed by atoms with Gasteiger partial charge in [0.15, 0.2) is 0 Å². The summed E-state index contributed by atoms with van der Waals surface area (Å²) in [6.07, 6.45) is 0. The molecule has 3 aromatic rings. The normalized spacial score (nSPS) is 16.1. The smallest absolute Gasteiger partial charge is 0.255 e. The van der Waals surface area contributed by atoms with E-state index in [0.29, 0.717) is 22.7 Å². The molecule has 7 heteroatoms. The average molecular weight is 471 g/mol. The molecule has 1 heterocycles. The Labute approximate surface area is 180 Å². The largest absolute Gasteiger partial charge is 0.322 e. The Morgan fingerprint density at radius 1 is 1.07 bits per heavy atom. The molecule has 0 saturated carbocycles. The van der Waals surface area contributed by atoms with E-state index in [9.17, 15) is 14.0 Å². The number of anilines is 2. The highest BCUT2D eigenvalue weighted by atomic mass is 79.9. The Bertz CT molecular complexity index is 1090. The lowest BCUT2D eigenvalue weighted by molar-refractivity contribution is -0.115. The molecule has 1 saturated heterocycles. The van der Waals surface area contributed by atoms with Crippen LogP contribution in [0.1, 0.15) is 21.3 Å². The minimum atomic E-state index is -0.388. The van der Waals surface area contributed by atoms with E-state index in [1.807, 2.05) is 24.3 Å². The van der Waals surface area contributed by atoms with Crippen LogP contribution in [0.15, 0.2) is 77.3 Å². The van der Waals surface area contributed by atoms with E-state index in [1.165, 1.54) is 23.9 Å². The maximum atomic E-state index is 13.7. The maximum Gasteiger partial charge on any atom is 0.255 e. The highest BCUT2D eigenvalue weighted by molar-refractivity contribution is 9.10. The number of nitrogens with one attached hydrogen (secondary N) is 1. The fourth-order valence-electron chi connectivity index (χ4n) is 3.18. The molecule has 4 rings (SSSR count). The van der Waals surface area contributed by atoms with Crippen LogP contribution in [0.5, 0.6) is 0 Å². The van der Waals surface area contributed by atoms with Gasteiger partial charge in [-0.2, -0.15) is 0 Å². The molecule has 0 unspecified atom stereocenters. The van der Waals surface area contributed by atoms with E-state index < -0.39 is 0 Å². The molecule has 0 spiro atoms. The number of hydrogen-bond donors (Lipinski definition) is 1. The maximum absolute atomic E-state index is 13.7. The van der Waals surface area contributed by atoms with Crippen LogP contribution in [0.2, 0.25) is 0 Å². The zero-order chi connectivity index (χ0) is 20.4. The molecule has 1 aliphatic heterocycles. The highest BCUT2D eigenvalue weighted by Gasteiger charge is 2.34. The van der Waals surface area contributed by atoms with Gasteiger partial charge in [-0.3, -0.25) is 14.5 Å². The van der Waals surface area contributed by atoms with Crippen LogP contribution >= 0.6 is 27.7 Å². The Kier molecular flexibility index (Phi) is 5.69. The van der Waals surface area contributed by atoms with Gasteiger partial charge in [0.2, 0.25) is 5.91 Å². The summed E-state index contributed by atoms with van der Waals surface area (Å²) in [5.74, 6) is -0.369. The second-order valence-electron chi connectivity index (χ2n) is 6.50. The van der Waals surface area contributed by atoms with Crippen molar-refractivity contribution < 1.29 is 14.0 Å². The van der Waals surface area contributed by atoms with Gasteiger partial charge in [0, 0.05) is 21.4 Å². The summed E-state index contributed by atoms with van der Waals surface area (Å²) in [6, 6.07) is 20.5. The van der Waals surface area contributed by atoms with Crippen LogP contribution in [-0.4, -0.2) is 17.6 Å². The summed E-state index contributed by atoms with van der Waals surface area (Å²) in [5.41, 5.74) is 2.55. The molecule has 0 radical (unpaired) electrons. The Balaban J connectivity index is 1.59. The van der Waals surface area contributed by atoms with Crippen molar-refractivity contribution in [1.82, 2.24) is 0 Å². The Morgan fingerprint density at radius 2 is 1.86 bits per heavy atom. The van der Waals surface area contributed by atoms with E-state index in [1.54, 1.807) is 41.3 Å². The van der Waals surface area contributed by atoms with Gasteiger partial charge < -0.3 is 5.32 Å². The van der Waals surface area contributed by atoms with Crippen LogP contribution in [0.4, 0.5) is 15.8 Å². The molecule has 1 fully saturated rings. The minimum absolute atomic E-state index is 0.0748. The molecule has 0 bridgehead atoms. The van der Waals surface area contributed by atoms with Gasteiger partial charge in [-0.15, -0.1) is 11.8 Å². The summed E-state index contributed by atoms with van der Waals surface area (Å²) in [5, 5.41) is 2.61. The van der Waals surface area contributed by atoms with Crippen molar-refractivity contribution in [2.24, 2.45) is 0 Å². The minimum Gasteiger partial charge on any atom is -0.322 e. The van der Waals surface area contributed by atoms with Crippen molar-refractivity contribution in [3.8, 4) is 0 Å². The van der Waals surface area contributed by atoms with Crippen molar-refractivity contribution in [3.05, 3.63) is 94.2 Å². The first-order chi connectivity index (χ1) is 14.0. The highest BCUT2D eigenvalue weighted by Crippen LogP contribution is 2.42. The first-order valence-corrected chi connectivity index (χ1v) is 10.7. The van der Waals surface area contributed by atoms with Crippen molar-refractivity contribution in [1.29, 1.82) is 0 Å². The molecule has 3 aromatic carbocycles. The van der Waals surface area contributed by atoms with Crippen molar-refractivity contribution in [3.63, 3.8) is 0 Å². The fourth-order valence-corrected chi connectivity index (χ4v) is 4.74. The van der Waals surface area contributed by atoms with Crippen molar-refractivity contribution >= 4 is 50.9 Å². The second kappa shape index (κ2) is 8.39. The van der Waals surface area contributed by atoms with Crippen LogP contribution in [0, 0.1) is 5.82 Å². The molecule has 29 heavy (non-hydrogen) atoms. The molecule has 146 valence electrons. The predicted octanol–water partition coefficient (Wildman–Crippen LogP) is 5.62. The van der Waals surface area contributed by atoms with Gasteiger partial charge in [-0.25, -0.2) is 4.39 Å². The van der Waals surface area contributed by atoms with E-state index in [4.69, 9.17) is 0 Å². The number of thioether (sulfide) groups is 1. The molecule has 1 atom stereocenters. The fraction of sp³-hybridized carbons (Fsp3) is 0.0909. The van der Waals surface area contributed by atoms with E-state index >= 15 is 0 Å². The average Bonchev–Trinajstić information content (AvgIpc) is 3.10. The summed E-state index contributed by atoms with van der Waals surface area (Å²) in [7, 11) is 0. The quantitative estimate of drug-likeness (QED) is 0.538. The molecule has 2 amide bonds.